The van der Waals surface area contributed by atoms with E-state index in [0.29, 0.717) is 5.92 Å². The first-order valence-electron chi connectivity index (χ1n) is 4.84. The third-order valence-electron chi connectivity index (χ3n) is 3.14. The van der Waals surface area contributed by atoms with E-state index >= 15 is 0 Å². The summed E-state index contributed by atoms with van der Waals surface area (Å²) in [6.07, 6.45) is 2.11. The number of ether oxygens (including phenoxy) is 1. The Labute approximate surface area is 78.0 Å². The molecule has 2 aliphatic rings. The van der Waals surface area contributed by atoms with Crippen LogP contribution in [-0.4, -0.2) is 31.3 Å². The van der Waals surface area contributed by atoms with Crippen LogP contribution in [0.4, 0.5) is 4.79 Å². The van der Waals surface area contributed by atoms with Crippen LogP contribution >= 0.6 is 0 Å². The minimum Gasteiger partial charge on any atom is -0.381 e. The van der Waals surface area contributed by atoms with Crippen molar-refractivity contribution < 1.29 is 9.53 Å². The van der Waals surface area contributed by atoms with Crippen molar-refractivity contribution in [3.8, 4) is 0 Å². The minimum absolute atomic E-state index is 0.0333. The summed E-state index contributed by atoms with van der Waals surface area (Å²) in [4.78, 5) is 11.0. The van der Waals surface area contributed by atoms with Crippen LogP contribution in [0.3, 0.4) is 0 Å². The molecule has 0 bridgehead atoms. The van der Waals surface area contributed by atoms with E-state index in [2.05, 4.69) is 17.6 Å². The van der Waals surface area contributed by atoms with Crippen LogP contribution < -0.4 is 10.6 Å². The Hall–Kier alpha value is -0.770. The highest BCUT2D eigenvalue weighted by Crippen LogP contribution is 2.28. The average molecular weight is 184 g/mol. The van der Waals surface area contributed by atoms with Crippen LogP contribution in [0.25, 0.3) is 0 Å². The van der Waals surface area contributed by atoms with E-state index in [9.17, 15) is 4.79 Å². The van der Waals surface area contributed by atoms with E-state index in [1.807, 2.05) is 0 Å². The molecule has 0 saturated carbocycles. The largest absolute Gasteiger partial charge is 0.381 e. The molecule has 0 aliphatic carbocycles. The fraction of sp³-hybridized carbons (Fsp3) is 0.889. The van der Waals surface area contributed by atoms with Crippen molar-refractivity contribution in [1.82, 2.24) is 10.6 Å². The summed E-state index contributed by atoms with van der Waals surface area (Å²) in [5, 5.41) is 5.81. The highest BCUT2D eigenvalue weighted by atomic mass is 16.5. The predicted molar refractivity (Wildman–Crippen MR) is 48.5 cm³/mol. The molecule has 0 aromatic carbocycles. The quantitative estimate of drug-likeness (QED) is 0.623. The van der Waals surface area contributed by atoms with Gasteiger partial charge in [-0.2, -0.15) is 0 Å². The molecule has 2 rings (SSSR count). The number of rotatable bonds is 1. The lowest BCUT2D eigenvalue weighted by molar-refractivity contribution is 0.0407. The first kappa shape index (κ1) is 8.81. The highest BCUT2D eigenvalue weighted by Gasteiger charge is 2.40. The van der Waals surface area contributed by atoms with E-state index in [-0.39, 0.29) is 11.6 Å². The van der Waals surface area contributed by atoms with Gasteiger partial charge >= 0.3 is 6.03 Å². The fourth-order valence-corrected chi connectivity index (χ4v) is 2.19. The smallest absolute Gasteiger partial charge is 0.315 e. The number of carbonyl (C=O) groups excluding carboxylic acids is 1. The molecule has 2 N–H and O–H groups in total. The summed E-state index contributed by atoms with van der Waals surface area (Å²) in [5.74, 6) is 0.556. The van der Waals surface area contributed by atoms with Crippen LogP contribution in [0.1, 0.15) is 19.8 Å². The summed E-state index contributed by atoms with van der Waals surface area (Å²) in [5.41, 5.74) is -0.0547. The van der Waals surface area contributed by atoms with Gasteiger partial charge in [-0.05, 0) is 25.7 Å². The molecule has 4 nitrogen and oxygen atoms in total. The van der Waals surface area contributed by atoms with Crippen LogP contribution in [0, 0.1) is 5.92 Å². The van der Waals surface area contributed by atoms with Gasteiger partial charge in [0.2, 0.25) is 0 Å². The summed E-state index contributed by atoms with van der Waals surface area (Å²) in [7, 11) is 0. The second-order valence-corrected chi connectivity index (χ2v) is 4.11. The van der Waals surface area contributed by atoms with Gasteiger partial charge in [-0.1, -0.05) is 0 Å². The zero-order valence-corrected chi connectivity index (χ0v) is 7.93. The molecule has 2 aliphatic heterocycles. The Kier molecular flexibility index (Phi) is 2.15. The summed E-state index contributed by atoms with van der Waals surface area (Å²) < 4.78 is 5.30. The Balaban J connectivity index is 2.01. The first-order chi connectivity index (χ1) is 6.21. The van der Waals surface area contributed by atoms with Gasteiger partial charge in [0.1, 0.15) is 0 Å². The van der Waals surface area contributed by atoms with Crippen LogP contribution in [0.15, 0.2) is 0 Å². The molecule has 4 heteroatoms. The summed E-state index contributed by atoms with van der Waals surface area (Å²) in [6, 6.07) is -0.0333. The zero-order valence-electron chi connectivity index (χ0n) is 7.93. The normalized spacial score (nSPS) is 35.6. The van der Waals surface area contributed by atoms with Crippen molar-refractivity contribution in [2.75, 3.05) is 19.8 Å². The van der Waals surface area contributed by atoms with E-state index in [1.165, 1.54) is 0 Å². The van der Waals surface area contributed by atoms with Gasteiger partial charge in [0.05, 0.1) is 5.54 Å². The van der Waals surface area contributed by atoms with Gasteiger partial charge in [0, 0.05) is 19.8 Å². The Morgan fingerprint density at radius 2 is 2.15 bits per heavy atom. The van der Waals surface area contributed by atoms with Crippen LogP contribution in [-0.2, 0) is 4.74 Å². The maximum atomic E-state index is 11.0. The third-order valence-corrected chi connectivity index (χ3v) is 3.14. The topological polar surface area (TPSA) is 50.4 Å². The van der Waals surface area contributed by atoms with Gasteiger partial charge in [0.15, 0.2) is 0 Å². The lowest BCUT2D eigenvalue weighted by Crippen LogP contribution is -2.49. The molecular weight excluding hydrogens is 168 g/mol. The molecule has 74 valence electrons. The van der Waals surface area contributed by atoms with E-state index in [0.717, 1.165) is 32.6 Å². The Morgan fingerprint density at radius 1 is 1.46 bits per heavy atom. The fourth-order valence-electron chi connectivity index (χ4n) is 2.19. The molecule has 2 heterocycles. The number of carbonyl (C=O) groups is 1. The lowest BCUT2D eigenvalue weighted by atomic mass is 9.81. The Morgan fingerprint density at radius 3 is 2.69 bits per heavy atom. The molecule has 0 aromatic rings. The molecule has 2 fully saturated rings. The number of urea groups is 1. The van der Waals surface area contributed by atoms with Gasteiger partial charge in [0.25, 0.3) is 0 Å². The highest BCUT2D eigenvalue weighted by molar-refractivity contribution is 5.77. The van der Waals surface area contributed by atoms with Crippen molar-refractivity contribution in [3.63, 3.8) is 0 Å². The predicted octanol–water partition coefficient (Wildman–Crippen LogP) is 0.485. The number of amides is 2. The van der Waals surface area contributed by atoms with Crippen molar-refractivity contribution in [2.24, 2.45) is 5.92 Å². The SMILES string of the molecule is CC1(C2CCOCC2)CNC(=O)N1. The molecule has 2 saturated heterocycles. The number of nitrogens with one attached hydrogen (secondary N) is 2. The van der Waals surface area contributed by atoms with Crippen molar-refractivity contribution in [3.05, 3.63) is 0 Å². The third kappa shape index (κ3) is 1.63. The van der Waals surface area contributed by atoms with E-state index < -0.39 is 0 Å². The minimum atomic E-state index is -0.0547. The molecule has 13 heavy (non-hydrogen) atoms. The van der Waals surface area contributed by atoms with Gasteiger partial charge in [-0.15, -0.1) is 0 Å². The molecule has 1 unspecified atom stereocenters. The van der Waals surface area contributed by atoms with Crippen LogP contribution in [0.5, 0.6) is 0 Å². The van der Waals surface area contributed by atoms with Gasteiger partial charge < -0.3 is 15.4 Å². The average Bonchev–Trinajstić information content (AvgIpc) is 2.49. The molecule has 0 spiro atoms. The monoisotopic (exact) mass is 184 g/mol. The summed E-state index contributed by atoms with van der Waals surface area (Å²) in [6.45, 7) is 4.52. The maximum Gasteiger partial charge on any atom is 0.315 e. The van der Waals surface area contributed by atoms with Gasteiger partial charge in [-0.25, -0.2) is 4.79 Å². The van der Waals surface area contributed by atoms with Crippen molar-refractivity contribution in [1.29, 1.82) is 0 Å². The molecule has 0 radical (unpaired) electrons. The zero-order chi connectivity index (χ0) is 9.31. The lowest BCUT2D eigenvalue weighted by Gasteiger charge is -2.35. The number of hydrogen-bond donors (Lipinski definition) is 2. The second kappa shape index (κ2) is 3.18. The van der Waals surface area contributed by atoms with Crippen molar-refractivity contribution >= 4 is 6.03 Å². The number of hydrogen-bond acceptors (Lipinski definition) is 2. The second-order valence-electron chi connectivity index (χ2n) is 4.11. The first-order valence-corrected chi connectivity index (χ1v) is 4.84. The standard InChI is InChI=1S/C9H16N2O2/c1-9(6-10-8(12)11-9)7-2-4-13-5-3-7/h7H,2-6H2,1H3,(H2,10,11,12). The summed E-state index contributed by atoms with van der Waals surface area (Å²) >= 11 is 0. The van der Waals surface area contributed by atoms with Gasteiger partial charge in [-0.3, -0.25) is 0 Å². The van der Waals surface area contributed by atoms with Crippen molar-refractivity contribution in [2.45, 2.75) is 25.3 Å². The molecule has 0 aromatic heterocycles. The molecular formula is C9H16N2O2. The van der Waals surface area contributed by atoms with Crippen LogP contribution in [0.2, 0.25) is 0 Å². The molecule has 2 amide bonds. The molecule has 1 atom stereocenters. The van der Waals surface area contributed by atoms with E-state index in [4.69, 9.17) is 4.74 Å². The maximum absolute atomic E-state index is 11.0. The van der Waals surface area contributed by atoms with E-state index in [1.54, 1.807) is 0 Å². The Bertz CT molecular complexity index is 214.